The lowest BCUT2D eigenvalue weighted by atomic mass is 9.80. The van der Waals surface area contributed by atoms with Gasteiger partial charge in [0.15, 0.2) is 5.11 Å². The Morgan fingerprint density at radius 2 is 1.84 bits per heavy atom. The van der Waals surface area contributed by atoms with Crippen molar-refractivity contribution >= 4 is 45.6 Å². The quantitative estimate of drug-likeness (QED) is 0.247. The molecule has 1 fully saturated rings. The molecule has 194 valence electrons. The Morgan fingerprint density at radius 1 is 1.16 bits per heavy atom. The summed E-state index contributed by atoms with van der Waals surface area (Å²) in [7, 11) is 0. The maximum atomic E-state index is 14.7. The molecule has 0 saturated carbocycles. The maximum Gasteiger partial charge on any atom is 0.293 e. The molecular weight excluding hydrogens is 561 g/mol. The lowest BCUT2D eigenvalue weighted by Gasteiger charge is -2.36. The fourth-order valence-corrected chi connectivity index (χ4v) is 4.69. The number of nitrogens with one attached hydrogen (secondary N) is 3. The first-order chi connectivity index (χ1) is 17.9. The molecule has 37 heavy (non-hydrogen) atoms. The van der Waals surface area contributed by atoms with Crippen LogP contribution in [-0.4, -0.2) is 42.3 Å². The van der Waals surface area contributed by atoms with Crippen molar-refractivity contribution in [2.75, 3.05) is 19.7 Å². The van der Waals surface area contributed by atoms with Crippen LogP contribution in [0.5, 0.6) is 0 Å². The van der Waals surface area contributed by atoms with Gasteiger partial charge in [-0.3, -0.25) is 14.9 Å². The predicted molar refractivity (Wildman–Crippen MR) is 146 cm³/mol. The van der Waals surface area contributed by atoms with Gasteiger partial charge in [0.05, 0.1) is 5.54 Å². The van der Waals surface area contributed by atoms with Crippen LogP contribution < -0.4 is 16.0 Å². The molecule has 1 aliphatic rings. The molecule has 4 rings (SSSR count). The lowest BCUT2D eigenvalue weighted by Crippen LogP contribution is -2.56. The zero-order valence-electron chi connectivity index (χ0n) is 19.8. The minimum atomic E-state index is -0.982. The van der Waals surface area contributed by atoms with Gasteiger partial charge in [-0.2, -0.15) is 0 Å². The Balaban J connectivity index is 0.000000319. The summed E-state index contributed by atoms with van der Waals surface area (Å²) in [4.78, 5) is 22.1. The normalized spacial score (nSPS) is 18.2. The average molecular weight is 588 g/mol. The first-order valence-electron chi connectivity index (χ1n) is 11.4. The highest BCUT2D eigenvalue weighted by Crippen LogP contribution is 2.36. The van der Waals surface area contributed by atoms with Gasteiger partial charge in [0.2, 0.25) is 0 Å². The van der Waals surface area contributed by atoms with Gasteiger partial charge in [-0.1, -0.05) is 64.5 Å². The van der Waals surface area contributed by atoms with Crippen molar-refractivity contribution in [3.05, 3.63) is 106 Å². The monoisotopic (exact) mass is 587 g/mol. The number of thiocarbonyl (C=S) groups is 1. The first kappa shape index (κ1) is 28.4. The fourth-order valence-electron chi connectivity index (χ4n) is 4.05. The van der Waals surface area contributed by atoms with Crippen LogP contribution in [0.2, 0.25) is 0 Å². The van der Waals surface area contributed by atoms with Gasteiger partial charge in [0, 0.05) is 41.2 Å². The van der Waals surface area contributed by atoms with Crippen LogP contribution in [0.1, 0.15) is 21.5 Å². The van der Waals surface area contributed by atoms with E-state index in [1.807, 2.05) is 36.4 Å². The van der Waals surface area contributed by atoms with Gasteiger partial charge in [0.25, 0.3) is 12.4 Å². The van der Waals surface area contributed by atoms with Gasteiger partial charge < -0.3 is 20.5 Å². The zero-order valence-corrected chi connectivity index (χ0v) is 22.2. The van der Waals surface area contributed by atoms with Crippen LogP contribution in [-0.2, 0) is 21.7 Å². The summed E-state index contributed by atoms with van der Waals surface area (Å²) in [5.74, 6) is -1.10. The van der Waals surface area contributed by atoms with Crippen LogP contribution in [0.3, 0.4) is 0 Å². The minimum Gasteiger partial charge on any atom is -0.463 e. The third kappa shape index (κ3) is 7.65. The molecule has 1 saturated heterocycles. The van der Waals surface area contributed by atoms with Gasteiger partial charge in [0.1, 0.15) is 12.4 Å². The molecule has 3 aromatic rings. The van der Waals surface area contributed by atoms with E-state index in [-0.39, 0.29) is 23.5 Å². The highest BCUT2D eigenvalue weighted by Gasteiger charge is 2.46. The highest BCUT2D eigenvalue weighted by molar-refractivity contribution is 9.10. The van der Waals surface area contributed by atoms with Crippen molar-refractivity contribution in [2.45, 2.75) is 12.1 Å². The molecule has 0 aromatic heterocycles. The molecule has 7 nitrogen and oxygen atoms in total. The van der Waals surface area contributed by atoms with E-state index in [9.17, 15) is 19.1 Å². The van der Waals surface area contributed by atoms with Gasteiger partial charge in [-0.15, -0.1) is 0 Å². The Hall–Kier alpha value is -3.18. The fraction of sp³-hybridized carbons (Fsp3) is 0.222. The highest BCUT2D eigenvalue weighted by atomic mass is 79.9. The van der Waals surface area contributed by atoms with Crippen LogP contribution in [0.25, 0.3) is 0 Å². The minimum absolute atomic E-state index is 0.0744. The summed E-state index contributed by atoms with van der Waals surface area (Å²) < 4.78 is 19.9. The number of hydrogen-bond donors (Lipinski definition) is 4. The lowest BCUT2D eigenvalue weighted by molar-refractivity contribution is -0.129. The summed E-state index contributed by atoms with van der Waals surface area (Å²) in [6.45, 7) is 1.50. The van der Waals surface area contributed by atoms with E-state index in [4.69, 9.17) is 12.2 Å². The van der Waals surface area contributed by atoms with Crippen molar-refractivity contribution in [3.63, 3.8) is 0 Å². The Bertz CT molecular complexity index is 1200. The second-order valence-electron chi connectivity index (χ2n) is 8.27. The summed E-state index contributed by atoms with van der Waals surface area (Å²) in [5, 5.41) is 18.8. The number of aliphatic hydroxyl groups excluding tert-OH is 1. The van der Waals surface area contributed by atoms with Gasteiger partial charge >= 0.3 is 0 Å². The molecule has 3 aromatic carbocycles. The number of carbonyl (C=O) groups excluding carboxylic acids is 2. The summed E-state index contributed by atoms with van der Waals surface area (Å²) in [6.07, 6.45) is 0. The number of carbonyl (C=O) groups is 2. The molecule has 0 bridgehead atoms. The average Bonchev–Trinajstić information content (AvgIpc) is 3.33. The summed E-state index contributed by atoms with van der Waals surface area (Å²) in [5.41, 5.74) is 0.864. The number of amides is 1. The second kappa shape index (κ2) is 13.9. The van der Waals surface area contributed by atoms with Crippen molar-refractivity contribution < 1.29 is 23.8 Å². The number of benzene rings is 3. The Morgan fingerprint density at radius 3 is 2.49 bits per heavy atom. The van der Waals surface area contributed by atoms with Crippen LogP contribution in [0.15, 0.2) is 83.3 Å². The molecule has 4 N–H and O–H groups in total. The van der Waals surface area contributed by atoms with Crippen molar-refractivity contribution in [3.8, 4) is 0 Å². The van der Waals surface area contributed by atoms with E-state index in [2.05, 4.69) is 36.6 Å². The van der Waals surface area contributed by atoms with Crippen molar-refractivity contribution in [2.24, 2.45) is 5.92 Å². The van der Waals surface area contributed by atoms with E-state index >= 15 is 0 Å². The molecule has 10 heteroatoms. The van der Waals surface area contributed by atoms with Gasteiger partial charge in [-0.25, -0.2) is 4.39 Å². The van der Waals surface area contributed by atoms with Crippen molar-refractivity contribution in [1.29, 1.82) is 0 Å². The van der Waals surface area contributed by atoms with E-state index in [1.165, 1.54) is 6.07 Å². The number of halogens is 2. The molecule has 1 amide bonds. The van der Waals surface area contributed by atoms with E-state index in [1.54, 1.807) is 36.4 Å². The standard InChI is InChI=1S/C19H19BrFN3O2S.C8H8O2/c20-14-6-7-16(21)15(8-14)19(11-22-9-13(19)10-25)24-18(27)23-17(26)12-4-2-1-3-5-12;9-7-10-6-8-4-2-1-3-5-8/h1-8,13,22,25H,9-11H2,(H2,23,24,26,27);1-5,7H,6H2. The van der Waals surface area contributed by atoms with Gasteiger partial charge in [-0.05, 0) is 48.1 Å². The molecule has 1 aliphatic heterocycles. The predicted octanol–water partition coefficient (Wildman–Crippen LogP) is 3.66. The third-order valence-corrected chi connectivity index (χ3v) is 6.58. The van der Waals surface area contributed by atoms with E-state index < -0.39 is 11.4 Å². The smallest absolute Gasteiger partial charge is 0.293 e. The van der Waals surface area contributed by atoms with Crippen LogP contribution in [0.4, 0.5) is 4.39 Å². The van der Waals surface area contributed by atoms with E-state index in [0.29, 0.717) is 41.8 Å². The second-order valence-corrected chi connectivity index (χ2v) is 9.60. The van der Waals surface area contributed by atoms with Crippen LogP contribution >= 0.6 is 28.1 Å². The molecule has 2 atom stereocenters. The SMILES string of the molecule is O=C(NC(=S)NC1(c2cc(Br)ccc2F)CNCC1CO)c1ccccc1.O=COCc1ccccc1. The topological polar surface area (TPSA) is 99.7 Å². The molecule has 0 spiro atoms. The van der Waals surface area contributed by atoms with E-state index in [0.717, 1.165) is 5.56 Å². The number of hydrogen-bond acceptors (Lipinski definition) is 6. The Labute approximate surface area is 228 Å². The molecule has 0 aliphatic carbocycles. The molecule has 2 unspecified atom stereocenters. The number of ether oxygens (including phenoxy) is 1. The third-order valence-electron chi connectivity index (χ3n) is 5.88. The summed E-state index contributed by atoms with van der Waals surface area (Å²) in [6, 6.07) is 22.9. The number of rotatable bonds is 7. The molecular formula is C27H27BrFN3O4S. The first-order valence-corrected chi connectivity index (χ1v) is 12.6. The zero-order chi connectivity index (χ0) is 26.7. The van der Waals surface area contributed by atoms with Crippen LogP contribution in [0, 0.1) is 11.7 Å². The van der Waals surface area contributed by atoms with Crippen molar-refractivity contribution in [1.82, 2.24) is 16.0 Å². The number of aliphatic hydroxyl groups is 1. The summed E-state index contributed by atoms with van der Waals surface area (Å²) >= 11 is 8.70. The Kier molecular flexibility index (Phi) is 10.7. The maximum absolute atomic E-state index is 14.7. The largest absolute Gasteiger partial charge is 0.463 e. The molecule has 1 heterocycles. The molecule has 0 radical (unpaired) electrons.